The Labute approximate surface area is 95.9 Å². The lowest BCUT2D eigenvalue weighted by molar-refractivity contribution is -0.137. The first-order valence-electron chi connectivity index (χ1n) is 4.84. The maximum Gasteiger partial charge on any atom is 0.416 e. The van der Waals surface area contributed by atoms with Gasteiger partial charge in [-0.2, -0.15) is 13.2 Å². The number of alkyl halides is 3. The zero-order chi connectivity index (χ0) is 13.8. The molecule has 0 amide bonds. The van der Waals surface area contributed by atoms with Gasteiger partial charge in [0.15, 0.2) is 0 Å². The van der Waals surface area contributed by atoms with Crippen molar-refractivity contribution >= 4 is 5.97 Å². The molecule has 0 aliphatic rings. The zero-order valence-corrected chi connectivity index (χ0v) is 9.52. The number of hydrogen-bond acceptors (Lipinski definition) is 1. The van der Waals surface area contributed by atoms with Crippen LogP contribution in [0.5, 0.6) is 0 Å². The van der Waals surface area contributed by atoms with Gasteiger partial charge in [-0.1, -0.05) is 13.8 Å². The van der Waals surface area contributed by atoms with Crippen molar-refractivity contribution in [3.05, 3.63) is 34.6 Å². The van der Waals surface area contributed by atoms with E-state index in [2.05, 4.69) is 0 Å². The second-order valence-corrected chi connectivity index (χ2v) is 2.95. The van der Waals surface area contributed by atoms with Gasteiger partial charge in [0.25, 0.3) is 0 Å². The molecule has 0 aliphatic heterocycles. The molecule has 96 valence electrons. The van der Waals surface area contributed by atoms with Gasteiger partial charge in [0, 0.05) is 0 Å². The monoisotopic (exact) mass is 252 g/mol. The molecule has 2 nitrogen and oxygen atoms in total. The average molecular weight is 252 g/mol. The number of rotatable bonds is 1. The fourth-order valence-corrected chi connectivity index (χ4v) is 1.18. The highest BCUT2D eigenvalue weighted by molar-refractivity contribution is 5.89. The van der Waals surface area contributed by atoms with Gasteiger partial charge in [0.1, 0.15) is 5.82 Å². The first kappa shape index (κ1) is 15.4. The third-order valence-corrected chi connectivity index (χ3v) is 1.83. The summed E-state index contributed by atoms with van der Waals surface area (Å²) >= 11 is 0. The van der Waals surface area contributed by atoms with Crippen molar-refractivity contribution in [3.8, 4) is 0 Å². The van der Waals surface area contributed by atoms with Crippen molar-refractivity contribution in [3.63, 3.8) is 0 Å². The number of halogens is 4. The fraction of sp³-hybridized carbons (Fsp3) is 0.364. The lowest BCUT2D eigenvalue weighted by Gasteiger charge is -2.09. The predicted molar refractivity (Wildman–Crippen MR) is 54.4 cm³/mol. The molecule has 0 bridgehead atoms. The van der Waals surface area contributed by atoms with Crippen LogP contribution < -0.4 is 0 Å². The Morgan fingerprint density at radius 2 is 1.71 bits per heavy atom. The van der Waals surface area contributed by atoms with Crippen LogP contribution in [0.4, 0.5) is 17.6 Å². The van der Waals surface area contributed by atoms with Crippen LogP contribution in [0.1, 0.15) is 35.3 Å². The molecule has 0 aromatic heterocycles. The van der Waals surface area contributed by atoms with E-state index in [1.165, 1.54) is 0 Å². The summed E-state index contributed by atoms with van der Waals surface area (Å²) in [5, 5.41) is 8.52. The van der Waals surface area contributed by atoms with E-state index in [9.17, 15) is 22.4 Å². The van der Waals surface area contributed by atoms with Crippen LogP contribution in [-0.4, -0.2) is 11.1 Å². The normalized spacial score (nSPS) is 10.5. The Bertz CT molecular complexity index is 387. The van der Waals surface area contributed by atoms with Crippen LogP contribution in [-0.2, 0) is 6.18 Å². The minimum absolute atomic E-state index is 0.177. The van der Waals surface area contributed by atoms with Crippen molar-refractivity contribution in [1.82, 2.24) is 0 Å². The number of carboxylic acids is 1. The van der Waals surface area contributed by atoms with Crippen molar-refractivity contribution in [2.75, 3.05) is 0 Å². The summed E-state index contributed by atoms with van der Waals surface area (Å²) in [5.74, 6) is -2.96. The second-order valence-electron chi connectivity index (χ2n) is 2.95. The molecular weight excluding hydrogens is 240 g/mol. The molecule has 0 spiro atoms. The molecule has 0 unspecified atom stereocenters. The van der Waals surface area contributed by atoms with E-state index in [0.717, 1.165) is 6.92 Å². The Morgan fingerprint density at radius 1 is 1.24 bits per heavy atom. The van der Waals surface area contributed by atoms with Crippen LogP contribution >= 0.6 is 0 Å². The maximum atomic E-state index is 13.0. The predicted octanol–water partition coefficient (Wildman–Crippen LogP) is 3.88. The summed E-state index contributed by atoms with van der Waals surface area (Å²) in [6.45, 7) is 5.11. The summed E-state index contributed by atoms with van der Waals surface area (Å²) in [6, 6.07) is 0.781. The van der Waals surface area contributed by atoms with Crippen LogP contribution in [0.15, 0.2) is 12.1 Å². The number of carbonyl (C=O) groups is 1. The Morgan fingerprint density at radius 3 is 2.00 bits per heavy atom. The Hall–Kier alpha value is -1.59. The number of aryl methyl sites for hydroxylation is 1. The lowest BCUT2D eigenvalue weighted by Crippen LogP contribution is -2.10. The first-order chi connectivity index (χ1) is 7.73. The maximum absolute atomic E-state index is 13.0. The molecule has 1 aromatic rings. The van der Waals surface area contributed by atoms with Gasteiger partial charge in [0.2, 0.25) is 0 Å². The first-order valence-corrected chi connectivity index (χ1v) is 4.84. The average Bonchev–Trinajstić information content (AvgIpc) is 2.17. The molecular formula is C11H12F4O2. The van der Waals surface area contributed by atoms with Gasteiger partial charge in [-0.25, -0.2) is 9.18 Å². The largest absolute Gasteiger partial charge is 0.478 e. The number of carboxylic acid groups (broad SMARTS) is 1. The third-order valence-electron chi connectivity index (χ3n) is 1.83. The molecule has 0 saturated carbocycles. The molecule has 1 rings (SSSR count). The second kappa shape index (κ2) is 5.65. The molecule has 1 aromatic carbocycles. The van der Waals surface area contributed by atoms with E-state index >= 15 is 0 Å². The SMILES string of the molecule is CC.Cc1cc(C(F)(F)F)cc(F)c1C(=O)O. The summed E-state index contributed by atoms with van der Waals surface area (Å²) in [7, 11) is 0. The Kier molecular flexibility index (Phi) is 5.12. The van der Waals surface area contributed by atoms with Crippen molar-refractivity contribution in [2.45, 2.75) is 26.9 Å². The zero-order valence-electron chi connectivity index (χ0n) is 9.52. The van der Waals surface area contributed by atoms with Crippen molar-refractivity contribution in [1.29, 1.82) is 0 Å². The Balaban J connectivity index is 0.00000121. The molecule has 0 heterocycles. The van der Waals surface area contributed by atoms with E-state index in [-0.39, 0.29) is 11.6 Å². The standard InChI is InChI=1S/C9H6F4O2.C2H6/c1-4-2-5(9(11,12)13)3-6(10)7(4)8(14)15;1-2/h2-3H,1H3,(H,14,15);1-2H3. The highest BCUT2D eigenvalue weighted by atomic mass is 19.4. The quantitative estimate of drug-likeness (QED) is 0.770. The number of benzene rings is 1. The third kappa shape index (κ3) is 3.72. The fourth-order valence-electron chi connectivity index (χ4n) is 1.18. The van der Waals surface area contributed by atoms with Crippen molar-refractivity contribution in [2.24, 2.45) is 0 Å². The molecule has 0 saturated heterocycles. The van der Waals surface area contributed by atoms with E-state index in [4.69, 9.17) is 5.11 Å². The minimum Gasteiger partial charge on any atom is -0.478 e. The smallest absolute Gasteiger partial charge is 0.416 e. The molecule has 0 atom stereocenters. The van der Waals surface area contributed by atoms with Gasteiger partial charge >= 0.3 is 12.1 Å². The topological polar surface area (TPSA) is 37.3 Å². The van der Waals surface area contributed by atoms with Crippen LogP contribution in [0.2, 0.25) is 0 Å². The molecule has 6 heteroatoms. The highest BCUT2D eigenvalue weighted by Crippen LogP contribution is 2.31. The molecule has 0 fully saturated rings. The van der Waals surface area contributed by atoms with Crippen LogP contribution in [0.3, 0.4) is 0 Å². The summed E-state index contributed by atoms with van der Waals surface area (Å²) in [5.41, 5.74) is -2.18. The van der Waals surface area contributed by atoms with E-state index < -0.39 is 29.1 Å². The van der Waals surface area contributed by atoms with Gasteiger partial charge in [-0.3, -0.25) is 0 Å². The lowest BCUT2D eigenvalue weighted by atomic mass is 10.0. The van der Waals surface area contributed by atoms with Gasteiger partial charge < -0.3 is 5.11 Å². The van der Waals surface area contributed by atoms with Crippen LogP contribution in [0.25, 0.3) is 0 Å². The van der Waals surface area contributed by atoms with Crippen molar-refractivity contribution < 1.29 is 27.5 Å². The molecule has 1 N–H and O–H groups in total. The van der Waals surface area contributed by atoms with E-state index in [1.807, 2.05) is 13.8 Å². The minimum atomic E-state index is -4.68. The van der Waals surface area contributed by atoms with Gasteiger partial charge in [-0.15, -0.1) is 0 Å². The number of hydrogen-bond donors (Lipinski definition) is 1. The molecule has 0 radical (unpaired) electrons. The molecule has 0 aliphatic carbocycles. The highest BCUT2D eigenvalue weighted by Gasteiger charge is 2.32. The van der Waals surface area contributed by atoms with E-state index in [1.54, 1.807) is 0 Å². The van der Waals surface area contributed by atoms with Gasteiger partial charge in [-0.05, 0) is 24.6 Å². The molecule has 17 heavy (non-hydrogen) atoms. The summed E-state index contributed by atoms with van der Waals surface area (Å²) in [4.78, 5) is 10.5. The van der Waals surface area contributed by atoms with E-state index in [0.29, 0.717) is 6.07 Å². The van der Waals surface area contributed by atoms with Crippen LogP contribution in [0, 0.1) is 12.7 Å². The van der Waals surface area contributed by atoms with Gasteiger partial charge in [0.05, 0.1) is 11.1 Å². The summed E-state index contributed by atoms with van der Waals surface area (Å²) < 4.78 is 49.5. The summed E-state index contributed by atoms with van der Waals surface area (Å²) in [6.07, 6.45) is -4.68. The number of aromatic carboxylic acids is 1.